The van der Waals surface area contributed by atoms with Crippen molar-refractivity contribution in [2.24, 2.45) is 0 Å². The lowest BCUT2D eigenvalue weighted by atomic mass is 9.94. The average molecular weight is 279 g/mol. The maximum Gasteiger partial charge on any atom is 0.232 e. The average Bonchev–Trinajstić information content (AvgIpc) is 2.37. The number of carbonyl (C=O) groups is 1. The summed E-state index contributed by atoms with van der Waals surface area (Å²) in [5.74, 6) is 0.645. The van der Waals surface area contributed by atoms with Crippen molar-refractivity contribution in [2.45, 2.75) is 37.2 Å². The van der Waals surface area contributed by atoms with Crippen LogP contribution in [-0.4, -0.2) is 40.4 Å². The van der Waals surface area contributed by atoms with Gasteiger partial charge in [-0.1, -0.05) is 17.7 Å². The molecule has 1 N–H and O–H groups in total. The minimum Gasteiger partial charge on any atom is -0.390 e. The van der Waals surface area contributed by atoms with Crippen molar-refractivity contribution in [2.75, 3.05) is 18.8 Å². The molecule has 104 valence electrons. The molecule has 0 bridgehead atoms. The number of nitrogens with zero attached hydrogens (tertiary/aromatic N) is 1. The molecule has 1 fully saturated rings. The summed E-state index contributed by atoms with van der Waals surface area (Å²) in [6.07, 6.45) is 1.35. The number of benzene rings is 1. The molecule has 1 aliphatic rings. The lowest BCUT2D eigenvalue weighted by molar-refractivity contribution is -0.132. The van der Waals surface area contributed by atoms with Gasteiger partial charge in [-0.25, -0.2) is 0 Å². The van der Waals surface area contributed by atoms with Gasteiger partial charge in [0.2, 0.25) is 5.91 Å². The predicted octanol–water partition coefficient (Wildman–Crippen LogP) is 2.46. The number of aryl methyl sites for hydroxylation is 1. The third-order valence-corrected chi connectivity index (χ3v) is 4.57. The maximum atomic E-state index is 12.1. The highest BCUT2D eigenvalue weighted by molar-refractivity contribution is 8.00. The molecule has 1 heterocycles. The van der Waals surface area contributed by atoms with Crippen LogP contribution in [0.2, 0.25) is 0 Å². The van der Waals surface area contributed by atoms with Gasteiger partial charge in [0.05, 0.1) is 11.4 Å². The Morgan fingerprint density at radius 1 is 1.32 bits per heavy atom. The van der Waals surface area contributed by atoms with Gasteiger partial charge in [0.25, 0.3) is 0 Å². The Morgan fingerprint density at radius 2 is 1.89 bits per heavy atom. The van der Waals surface area contributed by atoms with Crippen LogP contribution in [-0.2, 0) is 4.79 Å². The molecule has 0 spiro atoms. The van der Waals surface area contributed by atoms with E-state index in [0.29, 0.717) is 31.7 Å². The van der Waals surface area contributed by atoms with E-state index in [1.165, 1.54) is 5.56 Å². The number of hydrogen-bond donors (Lipinski definition) is 1. The van der Waals surface area contributed by atoms with Gasteiger partial charge in [-0.05, 0) is 38.8 Å². The summed E-state index contributed by atoms with van der Waals surface area (Å²) < 4.78 is 0. The summed E-state index contributed by atoms with van der Waals surface area (Å²) in [5.41, 5.74) is 0.634. The second-order valence-electron chi connectivity index (χ2n) is 5.48. The smallest absolute Gasteiger partial charge is 0.232 e. The zero-order valence-corrected chi connectivity index (χ0v) is 12.4. The Bertz CT molecular complexity index is 432. The Hall–Kier alpha value is -1.00. The fraction of sp³-hybridized carbons (Fsp3) is 0.533. The highest BCUT2D eigenvalue weighted by atomic mass is 32.2. The number of rotatable bonds is 3. The Kier molecular flexibility index (Phi) is 4.53. The van der Waals surface area contributed by atoms with Crippen molar-refractivity contribution in [3.8, 4) is 0 Å². The molecule has 0 radical (unpaired) electrons. The zero-order valence-electron chi connectivity index (χ0n) is 11.6. The van der Waals surface area contributed by atoms with E-state index < -0.39 is 5.60 Å². The topological polar surface area (TPSA) is 40.5 Å². The molecule has 1 aromatic carbocycles. The monoisotopic (exact) mass is 279 g/mol. The third-order valence-electron chi connectivity index (χ3n) is 3.58. The fourth-order valence-electron chi connectivity index (χ4n) is 2.11. The first kappa shape index (κ1) is 14.4. The number of aliphatic hydroxyl groups is 1. The maximum absolute atomic E-state index is 12.1. The third kappa shape index (κ3) is 4.25. The zero-order chi connectivity index (χ0) is 13.9. The predicted molar refractivity (Wildman–Crippen MR) is 78.3 cm³/mol. The number of thioether (sulfide) groups is 1. The van der Waals surface area contributed by atoms with Crippen molar-refractivity contribution in [3.05, 3.63) is 29.8 Å². The minimum atomic E-state index is -0.596. The van der Waals surface area contributed by atoms with Crippen molar-refractivity contribution in [1.29, 1.82) is 0 Å². The molecule has 3 nitrogen and oxygen atoms in total. The first-order valence-corrected chi connectivity index (χ1v) is 7.64. The van der Waals surface area contributed by atoms with E-state index in [0.717, 1.165) is 4.90 Å². The Morgan fingerprint density at radius 3 is 2.47 bits per heavy atom. The minimum absolute atomic E-state index is 0.168. The van der Waals surface area contributed by atoms with Crippen LogP contribution in [0.1, 0.15) is 25.3 Å². The number of likely N-dealkylation sites (tertiary alicyclic amines) is 1. The molecule has 1 amide bonds. The molecule has 0 aromatic heterocycles. The van der Waals surface area contributed by atoms with E-state index in [1.54, 1.807) is 11.8 Å². The van der Waals surface area contributed by atoms with E-state index in [9.17, 15) is 9.90 Å². The molecule has 0 aliphatic carbocycles. The normalized spacial score (nSPS) is 18.4. The van der Waals surface area contributed by atoms with Gasteiger partial charge in [0.1, 0.15) is 0 Å². The van der Waals surface area contributed by atoms with E-state index in [-0.39, 0.29) is 5.91 Å². The molecule has 1 aromatic rings. The van der Waals surface area contributed by atoms with Crippen LogP contribution >= 0.6 is 11.8 Å². The number of amides is 1. The van der Waals surface area contributed by atoms with Gasteiger partial charge in [-0.2, -0.15) is 0 Å². The summed E-state index contributed by atoms with van der Waals surface area (Å²) in [6, 6.07) is 8.22. The highest BCUT2D eigenvalue weighted by Gasteiger charge is 2.29. The molecular formula is C15H21NO2S. The molecule has 4 heteroatoms. The summed E-state index contributed by atoms with van der Waals surface area (Å²) in [4.78, 5) is 15.1. The summed E-state index contributed by atoms with van der Waals surface area (Å²) in [6.45, 7) is 5.23. The second kappa shape index (κ2) is 5.97. The van der Waals surface area contributed by atoms with Gasteiger partial charge >= 0.3 is 0 Å². The molecule has 0 atom stereocenters. The van der Waals surface area contributed by atoms with Gasteiger partial charge in [0.15, 0.2) is 0 Å². The van der Waals surface area contributed by atoms with Crippen molar-refractivity contribution < 1.29 is 9.90 Å². The van der Waals surface area contributed by atoms with E-state index in [2.05, 4.69) is 19.1 Å². The number of carbonyl (C=O) groups excluding carboxylic acids is 1. The van der Waals surface area contributed by atoms with Gasteiger partial charge in [-0.3, -0.25) is 4.79 Å². The standard InChI is InChI=1S/C15H21NO2S/c1-12-3-5-13(6-4-12)19-11-14(17)16-9-7-15(2,18)8-10-16/h3-6,18H,7-11H2,1-2H3. The molecular weight excluding hydrogens is 258 g/mol. The SMILES string of the molecule is Cc1ccc(SCC(=O)N2CCC(C)(O)CC2)cc1. The van der Waals surface area contributed by atoms with Crippen molar-refractivity contribution in [3.63, 3.8) is 0 Å². The van der Waals surface area contributed by atoms with Crippen molar-refractivity contribution >= 4 is 17.7 Å². The van der Waals surface area contributed by atoms with Crippen LogP contribution < -0.4 is 0 Å². The highest BCUT2D eigenvalue weighted by Crippen LogP contribution is 2.23. The van der Waals surface area contributed by atoms with Crippen LogP contribution in [0, 0.1) is 6.92 Å². The van der Waals surface area contributed by atoms with Gasteiger partial charge in [-0.15, -0.1) is 11.8 Å². The molecule has 0 unspecified atom stereocenters. The summed E-state index contributed by atoms with van der Waals surface area (Å²) in [7, 11) is 0. The summed E-state index contributed by atoms with van der Waals surface area (Å²) >= 11 is 1.58. The molecule has 0 saturated carbocycles. The molecule has 1 aliphatic heterocycles. The van der Waals surface area contributed by atoms with Crippen molar-refractivity contribution in [1.82, 2.24) is 4.90 Å². The van der Waals surface area contributed by atoms with E-state index in [4.69, 9.17) is 0 Å². The Labute approximate surface area is 119 Å². The van der Waals surface area contributed by atoms with Crippen LogP contribution in [0.5, 0.6) is 0 Å². The van der Waals surface area contributed by atoms with Gasteiger partial charge in [0, 0.05) is 18.0 Å². The fourth-order valence-corrected chi connectivity index (χ4v) is 2.91. The largest absolute Gasteiger partial charge is 0.390 e. The first-order valence-electron chi connectivity index (χ1n) is 6.66. The number of piperidine rings is 1. The molecule has 1 saturated heterocycles. The van der Waals surface area contributed by atoms with Gasteiger partial charge < -0.3 is 10.0 Å². The van der Waals surface area contributed by atoms with E-state index >= 15 is 0 Å². The lowest BCUT2D eigenvalue weighted by Crippen LogP contribution is -2.45. The number of hydrogen-bond acceptors (Lipinski definition) is 3. The van der Waals surface area contributed by atoms with Crippen LogP contribution in [0.15, 0.2) is 29.2 Å². The first-order chi connectivity index (χ1) is 8.96. The second-order valence-corrected chi connectivity index (χ2v) is 6.53. The van der Waals surface area contributed by atoms with Crippen LogP contribution in [0.4, 0.5) is 0 Å². The molecule has 2 rings (SSSR count). The Balaban J connectivity index is 1.80. The quantitative estimate of drug-likeness (QED) is 0.864. The molecule has 19 heavy (non-hydrogen) atoms. The summed E-state index contributed by atoms with van der Waals surface area (Å²) in [5, 5.41) is 9.86. The van der Waals surface area contributed by atoms with E-state index in [1.807, 2.05) is 24.0 Å². The van der Waals surface area contributed by atoms with Crippen LogP contribution in [0.3, 0.4) is 0 Å². The lowest BCUT2D eigenvalue weighted by Gasteiger charge is -2.35. The van der Waals surface area contributed by atoms with Crippen LogP contribution in [0.25, 0.3) is 0 Å².